The second-order valence-corrected chi connectivity index (χ2v) is 6.15. The van der Waals surface area contributed by atoms with Gasteiger partial charge in [0.1, 0.15) is 6.61 Å². The standard InChI is InChI=1S/C21H25N3O5/c1-28-12-13-29-21(27)24-18-9-5-8-17(15-18)23-19(25)10-11-22-20(26)14-16-6-3-2-4-7-16/h2-9,15H,10-14H2,1H3,(H,22,26)(H,23,25)(H,24,27). The number of methoxy groups -OCH3 is 1. The van der Waals surface area contributed by atoms with Crippen molar-refractivity contribution in [2.45, 2.75) is 12.8 Å². The fourth-order valence-corrected chi connectivity index (χ4v) is 2.43. The molecule has 0 aliphatic carbocycles. The lowest BCUT2D eigenvalue weighted by molar-refractivity contribution is -0.120. The summed E-state index contributed by atoms with van der Waals surface area (Å²) < 4.78 is 9.73. The van der Waals surface area contributed by atoms with Gasteiger partial charge in [-0.25, -0.2) is 4.79 Å². The summed E-state index contributed by atoms with van der Waals surface area (Å²) in [6.45, 7) is 0.696. The lowest BCUT2D eigenvalue weighted by Gasteiger charge is -2.10. The zero-order chi connectivity index (χ0) is 20.9. The van der Waals surface area contributed by atoms with Crippen LogP contribution in [0.25, 0.3) is 0 Å². The fourth-order valence-electron chi connectivity index (χ4n) is 2.43. The number of carbonyl (C=O) groups is 3. The fraction of sp³-hybridized carbons (Fsp3) is 0.286. The Morgan fingerprint density at radius 3 is 2.31 bits per heavy atom. The van der Waals surface area contributed by atoms with E-state index in [0.29, 0.717) is 18.0 Å². The van der Waals surface area contributed by atoms with E-state index in [4.69, 9.17) is 9.47 Å². The zero-order valence-corrected chi connectivity index (χ0v) is 16.3. The Bertz CT molecular complexity index is 811. The monoisotopic (exact) mass is 399 g/mol. The Morgan fingerprint density at radius 2 is 1.59 bits per heavy atom. The number of amides is 3. The van der Waals surface area contributed by atoms with Crippen LogP contribution in [0.15, 0.2) is 54.6 Å². The Kier molecular flexibility index (Phi) is 9.17. The summed E-state index contributed by atoms with van der Waals surface area (Å²) in [6, 6.07) is 16.1. The Hall–Kier alpha value is -3.39. The first-order valence-corrected chi connectivity index (χ1v) is 9.20. The van der Waals surface area contributed by atoms with Crippen molar-refractivity contribution < 1.29 is 23.9 Å². The average Bonchev–Trinajstić information content (AvgIpc) is 2.69. The molecule has 3 amide bonds. The van der Waals surface area contributed by atoms with E-state index in [0.717, 1.165) is 5.56 Å². The number of rotatable bonds is 10. The molecule has 0 aliphatic rings. The molecule has 0 aromatic heterocycles. The molecule has 0 atom stereocenters. The van der Waals surface area contributed by atoms with Crippen LogP contribution in [0.3, 0.4) is 0 Å². The smallest absolute Gasteiger partial charge is 0.411 e. The van der Waals surface area contributed by atoms with E-state index in [-0.39, 0.29) is 37.8 Å². The van der Waals surface area contributed by atoms with Crippen LogP contribution in [0, 0.1) is 0 Å². The second-order valence-electron chi connectivity index (χ2n) is 6.15. The molecule has 0 spiro atoms. The van der Waals surface area contributed by atoms with E-state index in [2.05, 4.69) is 16.0 Å². The predicted octanol–water partition coefficient (Wildman–Crippen LogP) is 2.57. The normalized spacial score (nSPS) is 10.1. The third kappa shape index (κ3) is 8.89. The highest BCUT2D eigenvalue weighted by molar-refractivity contribution is 5.92. The summed E-state index contributed by atoms with van der Waals surface area (Å²) in [5.41, 5.74) is 1.93. The molecule has 8 heteroatoms. The largest absolute Gasteiger partial charge is 0.447 e. The zero-order valence-electron chi connectivity index (χ0n) is 16.3. The Labute approximate surface area is 169 Å². The van der Waals surface area contributed by atoms with Gasteiger partial charge >= 0.3 is 6.09 Å². The second kappa shape index (κ2) is 12.1. The molecule has 0 aliphatic heterocycles. The van der Waals surface area contributed by atoms with Crippen LogP contribution in [0.5, 0.6) is 0 Å². The molecule has 2 rings (SSSR count). The quantitative estimate of drug-likeness (QED) is 0.533. The van der Waals surface area contributed by atoms with Gasteiger partial charge in [0.25, 0.3) is 0 Å². The van der Waals surface area contributed by atoms with Crippen LogP contribution >= 0.6 is 0 Å². The van der Waals surface area contributed by atoms with Crippen molar-refractivity contribution in [2.24, 2.45) is 0 Å². The van der Waals surface area contributed by atoms with Gasteiger partial charge in [0.05, 0.1) is 13.0 Å². The van der Waals surface area contributed by atoms with Crippen molar-refractivity contribution in [3.63, 3.8) is 0 Å². The molecular formula is C21H25N3O5. The van der Waals surface area contributed by atoms with Gasteiger partial charge in [-0.1, -0.05) is 36.4 Å². The molecule has 0 saturated carbocycles. The van der Waals surface area contributed by atoms with Gasteiger partial charge in [-0.3, -0.25) is 14.9 Å². The third-order valence-corrected chi connectivity index (χ3v) is 3.80. The van der Waals surface area contributed by atoms with Crippen LogP contribution in [0.2, 0.25) is 0 Å². The molecule has 0 heterocycles. The summed E-state index contributed by atoms with van der Waals surface area (Å²) >= 11 is 0. The highest BCUT2D eigenvalue weighted by Crippen LogP contribution is 2.15. The van der Waals surface area contributed by atoms with E-state index < -0.39 is 6.09 Å². The van der Waals surface area contributed by atoms with Crippen LogP contribution in [-0.2, 0) is 25.5 Å². The van der Waals surface area contributed by atoms with Gasteiger partial charge in [0.15, 0.2) is 0 Å². The number of nitrogens with one attached hydrogen (secondary N) is 3. The molecular weight excluding hydrogens is 374 g/mol. The van der Waals surface area contributed by atoms with E-state index in [1.54, 1.807) is 24.3 Å². The molecule has 154 valence electrons. The predicted molar refractivity (Wildman–Crippen MR) is 110 cm³/mol. The number of anilines is 2. The van der Waals surface area contributed by atoms with Crippen LogP contribution in [-0.4, -0.2) is 44.8 Å². The Morgan fingerprint density at radius 1 is 0.862 bits per heavy atom. The molecule has 0 radical (unpaired) electrons. The molecule has 8 nitrogen and oxygen atoms in total. The lowest BCUT2D eigenvalue weighted by Crippen LogP contribution is -2.28. The lowest BCUT2D eigenvalue weighted by atomic mass is 10.1. The van der Waals surface area contributed by atoms with E-state index in [1.165, 1.54) is 7.11 Å². The number of carbonyl (C=O) groups excluding carboxylic acids is 3. The maximum Gasteiger partial charge on any atom is 0.411 e. The van der Waals surface area contributed by atoms with Gasteiger partial charge in [0, 0.05) is 31.5 Å². The molecule has 29 heavy (non-hydrogen) atoms. The minimum Gasteiger partial charge on any atom is -0.447 e. The van der Waals surface area contributed by atoms with Crippen molar-refractivity contribution in [1.82, 2.24) is 5.32 Å². The van der Waals surface area contributed by atoms with E-state index in [1.807, 2.05) is 30.3 Å². The highest BCUT2D eigenvalue weighted by atomic mass is 16.6. The van der Waals surface area contributed by atoms with Crippen molar-refractivity contribution >= 4 is 29.3 Å². The molecule has 3 N–H and O–H groups in total. The first-order valence-electron chi connectivity index (χ1n) is 9.20. The summed E-state index contributed by atoms with van der Waals surface area (Å²) in [6.07, 6.45) is -0.194. The number of hydrogen-bond acceptors (Lipinski definition) is 5. The SMILES string of the molecule is COCCOC(=O)Nc1cccc(NC(=O)CCNC(=O)Cc2ccccc2)c1. The minimum atomic E-state index is -0.605. The van der Waals surface area contributed by atoms with Crippen LogP contribution in [0.1, 0.15) is 12.0 Å². The molecule has 0 bridgehead atoms. The molecule has 0 saturated heterocycles. The maximum absolute atomic E-state index is 12.1. The molecule has 0 unspecified atom stereocenters. The maximum atomic E-state index is 12.1. The first kappa shape index (κ1) is 21.9. The van der Waals surface area contributed by atoms with E-state index >= 15 is 0 Å². The van der Waals surface area contributed by atoms with Gasteiger partial charge in [-0.15, -0.1) is 0 Å². The van der Waals surface area contributed by atoms with Crippen molar-refractivity contribution in [2.75, 3.05) is 37.5 Å². The molecule has 2 aromatic rings. The highest BCUT2D eigenvalue weighted by Gasteiger charge is 2.07. The van der Waals surface area contributed by atoms with Gasteiger partial charge in [0.2, 0.25) is 11.8 Å². The van der Waals surface area contributed by atoms with Gasteiger partial charge in [-0.2, -0.15) is 0 Å². The van der Waals surface area contributed by atoms with Crippen molar-refractivity contribution in [1.29, 1.82) is 0 Å². The number of hydrogen-bond donors (Lipinski definition) is 3. The summed E-state index contributed by atoms with van der Waals surface area (Å²) in [5.74, 6) is -0.382. The van der Waals surface area contributed by atoms with Crippen LogP contribution < -0.4 is 16.0 Å². The van der Waals surface area contributed by atoms with Gasteiger partial charge < -0.3 is 20.1 Å². The first-order chi connectivity index (χ1) is 14.1. The van der Waals surface area contributed by atoms with Gasteiger partial charge in [-0.05, 0) is 23.8 Å². The topological polar surface area (TPSA) is 106 Å². The van der Waals surface area contributed by atoms with Crippen molar-refractivity contribution in [3.8, 4) is 0 Å². The average molecular weight is 399 g/mol. The third-order valence-electron chi connectivity index (χ3n) is 3.80. The van der Waals surface area contributed by atoms with Crippen LogP contribution in [0.4, 0.5) is 16.2 Å². The Balaban J connectivity index is 1.71. The molecule has 2 aromatic carbocycles. The summed E-state index contributed by atoms with van der Waals surface area (Å²) in [7, 11) is 1.52. The summed E-state index contributed by atoms with van der Waals surface area (Å²) in [5, 5.41) is 8.03. The van der Waals surface area contributed by atoms with Crippen molar-refractivity contribution in [3.05, 3.63) is 60.2 Å². The van der Waals surface area contributed by atoms with E-state index in [9.17, 15) is 14.4 Å². The molecule has 0 fully saturated rings. The number of ether oxygens (including phenoxy) is 2. The number of benzene rings is 2. The minimum absolute atomic E-state index is 0.136. The summed E-state index contributed by atoms with van der Waals surface area (Å²) in [4.78, 5) is 35.6.